The molecule has 0 saturated heterocycles. The number of hydrogen-bond acceptors (Lipinski definition) is 0. The molecule has 0 saturated carbocycles. The van der Waals surface area contributed by atoms with Crippen LogP contribution in [0, 0.1) is 0 Å². The van der Waals surface area contributed by atoms with E-state index in [2.05, 4.69) is 152 Å². The van der Waals surface area contributed by atoms with Crippen molar-refractivity contribution in [1.29, 1.82) is 0 Å². The van der Waals surface area contributed by atoms with E-state index in [1.165, 1.54) is 0 Å². The Hall–Kier alpha value is 13.8. The molecule has 0 aromatic heterocycles. The minimum absolute atomic E-state index is 0.00115. The number of rotatable bonds is 14. The molecule has 0 bridgehead atoms. The molecule has 0 aliphatic rings. The van der Waals surface area contributed by atoms with Crippen LogP contribution in [0.25, 0.3) is 0 Å². The molecule has 20 atom stereocenters. The van der Waals surface area contributed by atoms with Gasteiger partial charge in [-0.15, -0.1) is 143 Å². The predicted octanol–water partition coefficient (Wildman–Crippen LogP) is 18.7. The molecule has 0 radical (unpaired) electrons. The topological polar surface area (TPSA) is 0 Å². The van der Waals surface area contributed by atoms with Crippen LogP contribution in [0.15, 0.2) is 0 Å². The van der Waals surface area contributed by atoms with E-state index in [4.69, 9.17) is 0 Å². The van der Waals surface area contributed by atoms with Crippen LogP contribution in [-0.2, 0) is 0 Å². The summed E-state index contributed by atoms with van der Waals surface area (Å²) in [6, 6.07) is 0. The fourth-order valence-electron chi connectivity index (χ4n) is 1.71. The molecule has 0 aliphatic carbocycles. The Balaban J connectivity index is 7.33. The first-order chi connectivity index (χ1) is 14.5. The van der Waals surface area contributed by atoms with Crippen LogP contribution >= 0.6 is 257 Å². The van der Waals surface area contributed by atoms with Crippen molar-refractivity contribution in [3.8, 4) is 0 Å². The molecule has 32 heavy (non-hydrogen) atoms. The van der Waals surface area contributed by atoms with Crippen LogP contribution in [0.4, 0.5) is 0 Å². The lowest BCUT2D eigenvalue weighted by molar-refractivity contribution is 4.41. The summed E-state index contributed by atoms with van der Waals surface area (Å²) < 4.78 is 0. The zero-order chi connectivity index (χ0) is 25.7. The predicted molar refractivity (Wildman–Crippen MR) is 267 cm³/mol. The average Bonchev–Trinajstić information content (AvgIpc) is 2.57. The molecule has 194 valence electrons. The Labute approximate surface area is 253 Å². The zero-order valence-electron chi connectivity index (χ0n) is 16.4. The largest absolute Gasteiger partial charge is 0.516 e. The minimum Gasteiger partial charge on any atom is -0.516 e. The molecule has 20 unspecified atom stereocenters. The van der Waals surface area contributed by atoms with E-state index in [9.17, 15) is 0 Å². The van der Waals surface area contributed by atoms with E-state index in [0.717, 1.165) is 0 Å². The lowest BCUT2D eigenvalue weighted by Crippen LogP contribution is -1.65. The summed E-state index contributed by atoms with van der Waals surface area (Å²) in [6.07, 6.45) is 0. The second-order valence-electron chi connectivity index (χ2n) is 4.94. The van der Waals surface area contributed by atoms with Gasteiger partial charge in [0, 0.05) is 0 Å². The minimum atomic E-state index is -0.168. The van der Waals surface area contributed by atoms with E-state index in [1.54, 1.807) is 0 Å². The van der Waals surface area contributed by atoms with E-state index in [1.807, 2.05) is 0 Å². The van der Waals surface area contributed by atoms with Gasteiger partial charge in [0.25, 0.3) is 0 Å². The summed E-state index contributed by atoms with van der Waals surface area (Å²) in [7, 11) is 57.0. The SMILES string of the molecule is [PH-]P(P)P(P)P(P(P)P)P(P(P(P)P)P(P)P)P(P(P(P)P)P(P)P)P(P(P)P)P(P)P. The second-order valence-corrected chi connectivity index (χ2v) is 133. The molecular formula is H33P32-. The van der Waals surface area contributed by atoms with Crippen molar-refractivity contribution in [2.24, 2.45) is 0 Å². The smallest absolute Gasteiger partial charge is 0.000343 e. The summed E-state index contributed by atoms with van der Waals surface area (Å²) in [5.74, 6) is 0. The highest BCUT2D eigenvalue weighted by molar-refractivity contribution is 9.45. The van der Waals surface area contributed by atoms with Crippen molar-refractivity contribution in [3.63, 3.8) is 0 Å². The maximum absolute atomic E-state index is 4.15. The second kappa shape index (κ2) is 24.8. The van der Waals surface area contributed by atoms with Crippen molar-refractivity contribution >= 4 is 257 Å². The quantitative estimate of drug-likeness (QED) is 0.152. The highest BCUT2D eigenvalue weighted by atomic mass is 33.5. The molecule has 32 heteroatoms. The lowest BCUT2D eigenvalue weighted by Gasteiger charge is -2.53. The Morgan fingerprint density at radius 1 is 0.281 bits per heavy atom. The van der Waals surface area contributed by atoms with Crippen molar-refractivity contribution < 1.29 is 0 Å². The molecule has 0 N–H and O–H groups in total. The van der Waals surface area contributed by atoms with Gasteiger partial charge in [0.1, 0.15) is 0 Å². The first-order valence-corrected chi connectivity index (χ1v) is 64.4. The van der Waals surface area contributed by atoms with Gasteiger partial charge in [-0.05, 0) is 90.8 Å². The molecule has 0 heterocycles. The third-order valence-electron chi connectivity index (χ3n) is 2.65. The van der Waals surface area contributed by atoms with Gasteiger partial charge >= 0.3 is 0 Å². The summed E-state index contributed by atoms with van der Waals surface area (Å²) in [4.78, 5) is 0. The van der Waals surface area contributed by atoms with Gasteiger partial charge in [-0.25, -0.2) is 6.99 Å². The fourth-order valence-corrected chi connectivity index (χ4v) is 415. The summed E-state index contributed by atoms with van der Waals surface area (Å²) >= 11 is 0. The Morgan fingerprint density at radius 3 is 0.625 bits per heavy atom. The third-order valence-corrected chi connectivity index (χ3v) is 215. The van der Waals surface area contributed by atoms with Crippen molar-refractivity contribution in [1.82, 2.24) is 0 Å². The highest BCUT2D eigenvalue weighted by Gasteiger charge is 2.51. The third kappa shape index (κ3) is 16.4. The standard InChI is InChI=1S/H33P32/c1-18(2)26(17)30(25(15)16)32(29(23(11)12)24(13)14)31(27(19(3)4)20(5)6)28(21(7)8)22(9)10/h1H,2-17H2/q-1. The Morgan fingerprint density at radius 2 is 0.469 bits per heavy atom. The van der Waals surface area contributed by atoms with Crippen molar-refractivity contribution in [2.75, 3.05) is 0 Å². The zero-order valence-corrected chi connectivity index (χ0v) is 49.3. The van der Waals surface area contributed by atoms with Crippen LogP contribution < -0.4 is 0 Å². The summed E-state index contributed by atoms with van der Waals surface area (Å²) in [5, 5.41) is 0. The van der Waals surface area contributed by atoms with Crippen LogP contribution in [0.5, 0.6) is 0 Å². The Kier molecular flexibility index (Phi) is 35.5. The first kappa shape index (κ1) is 45.8. The lowest BCUT2D eigenvalue weighted by atomic mass is 28.5. The maximum Gasteiger partial charge on any atom is -0.000343 e. The van der Waals surface area contributed by atoms with Gasteiger partial charge in [0.2, 0.25) is 0 Å². The highest BCUT2D eigenvalue weighted by Crippen LogP contribution is 3.39. The van der Waals surface area contributed by atoms with Gasteiger partial charge in [-0.2, -0.15) is 0 Å². The molecule has 0 fully saturated rings. The van der Waals surface area contributed by atoms with Crippen LogP contribution in [0.3, 0.4) is 0 Å². The first-order valence-electron chi connectivity index (χ1n) is 7.15. The summed E-state index contributed by atoms with van der Waals surface area (Å²) in [6.45, 7) is -0.808. The molecule has 0 aromatic carbocycles. The molecule has 0 aromatic rings. The van der Waals surface area contributed by atoms with E-state index in [-0.39, 0.29) is 105 Å². The van der Waals surface area contributed by atoms with Gasteiger partial charge in [0.05, 0.1) is 0 Å². The van der Waals surface area contributed by atoms with E-state index < -0.39 is 0 Å². The van der Waals surface area contributed by atoms with Crippen molar-refractivity contribution in [2.45, 2.75) is 0 Å². The van der Waals surface area contributed by atoms with E-state index in [0.29, 0.717) is 0 Å². The van der Waals surface area contributed by atoms with Crippen molar-refractivity contribution in [3.05, 3.63) is 0 Å². The normalized spacial score (nSPS) is 17.6. The van der Waals surface area contributed by atoms with Gasteiger partial charge < -0.3 is 8.93 Å². The molecule has 0 amide bonds. The molecule has 0 nitrogen and oxygen atoms in total. The average molecular weight is 1020 g/mol. The molecular weight excluding hydrogens is 991 g/mol. The Bertz CT molecular complexity index is 434. The van der Waals surface area contributed by atoms with Crippen LogP contribution in [0.1, 0.15) is 0 Å². The summed E-state index contributed by atoms with van der Waals surface area (Å²) in [5.41, 5.74) is 0. The fraction of sp³-hybridized carbons (Fsp3) is 0. The number of hydrogen-bond donors (Lipinski definition) is 0. The van der Waals surface area contributed by atoms with Crippen LogP contribution in [0.2, 0.25) is 0 Å². The van der Waals surface area contributed by atoms with Crippen LogP contribution in [-0.4, -0.2) is 0 Å². The van der Waals surface area contributed by atoms with Gasteiger partial charge in [0.15, 0.2) is 0 Å². The molecule has 0 aliphatic heterocycles. The maximum atomic E-state index is 4.15. The van der Waals surface area contributed by atoms with E-state index >= 15 is 0 Å². The van der Waals surface area contributed by atoms with Gasteiger partial charge in [-0.1, -0.05) is 6.99 Å². The monoisotopic (exact) mass is 1020 g/mol. The van der Waals surface area contributed by atoms with Gasteiger partial charge in [-0.3, -0.25) is 0 Å². The molecule has 0 rings (SSSR count). The molecule has 0 spiro atoms.